The van der Waals surface area contributed by atoms with Crippen molar-refractivity contribution in [1.29, 1.82) is 0 Å². The monoisotopic (exact) mass is 474 g/mol. The van der Waals surface area contributed by atoms with Crippen LogP contribution in [0.5, 0.6) is 5.88 Å². The lowest BCUT2D eigenvalue weighted by Gasteiger charge is -2.08. The molecule has 13 heteroatoms. The van der Waals surface area contributed by atoms with E-state index in [1.54, 1.807) is 6.07 Å². The Hall–Kier alpha value is -2.93. The first-order chi connectivity index (χ1) is 14.3. The Morgan fingerprint density at radius 2 is 1.84 bits per heavy atom. The van der Waals surface area contributed by atoms with Gasteiger partial charge in [-0.2, -0.15) is 13.2 Å². The van der Waals surface area contributed by atoms with E-state index in [9.17, 15) is 31.5 Å². The van der Waals surface area contributed by atoms with Crippen LogP contribution in [-0.4, -0.2) is 39.4 Å². The van der Waals surface area contributed by atoms with Gasteiger partial charge in [-0.05, 0) is 60.6 Å². The molecule has 0 saturated heterocycles. The molecule has 0 spiro atoms. The van der Waals surface area contributed by atoms with Gasteiger partial charge in [0.25, 0.3) is 0 Å². The molecule has 31 heavy (non-hydrogen) atoms. The quantitative estimate of drug-likeness (QED) is 0.532. The maximum Gasteiger partial charge on any atom is 0.446 e. The van der Waals surface area contributed by atoms with Crippen molar-refractivity contribution in [3.8, 4) is 11.6 Å². The second-order valence-corrected chi connectivity index (χ2v) is 9.47. The molecule has 0 amide bonds. The number of hydrogen-bond acceptors (Lipinski definition) is 6. The van der Waals surface area contributed by atoms with Gasteiger partial charge in [-0.1, -0.05) is 0 Å². The summed E-state index contributed by atoms with van der Waals surface area (Å²) in [6, 6.07) is 8.05. The third kappa shape index (κ3) is 5.61. The van der Waals surface area contributed by atoms with Crippen molar-refractivity contribution in [2.75, 3.05) is 11.0 Å². The highest BCUT2D eigenvalue weighted by atomic mass is 32.2. The second-order valence-electron chi connectivity index (χ2n) is 6.58. The van der Waals surface area contributed by atoms with E-state index < -0.39 is 21.2 Å². The summed E-state index contributed by atoms with van der Waals surface area (Å²) >= 11 is -0.281. The first kappa shape index (κ1) is 22.7. The number of alkyl halides is 3. The van der Waals surface area contributed by atoms with E-state index in [0.29, 0.717) is 5.56 Å². The second kappa shape index (κ2) is 8.30. The number of halogens is 3. The summed E-state index contributed by atoms with van der Waals surface area (Å²) in [5.41, 5.74) is -4.07. The molecule has 2 aromatic heterocycles. The van der Waals surface area contributed by atoms with E-state index in [4.69, 9.17) is 0 Å². The summed E-state index contributed by atoms with van der Waals surface area (Å²) in [6.45, 7) is 1.52. The molecule has 8 nitrogen and oxygen atoms in total. The number of hydrogen-bond donors (Lipinski definition) is 2. The number of pyridine rings is 1. The van der Waals surface area contributed by atoms with Gasteiger partial charge >= 0.3 is 11.2 Å². The van der Waals surface area contributed by atoms with Gasteiger partial charge in [-0.15, -0.1) is 0 Å². The molecular formula is C18H17F3N4O4S2. The molecule has 0 atom stereocenters. The number of aromatic nitrogens is 3. The lowest BCUT2D eigenvalue weighted by atomic mass is 10.2. The number of rotatable bonds is 6. The predicted molar refractivity (Wildman–Crippen MR) is 110 cm³/mol. The number of thioether (sulfide) groups is 1. The zero-order valence-electron chi connectivity index (χ0n) is 16.2. The van der Waals surface area contributed by atoms with Crippen molar-refractivity contribution in [1.82, 2.24) is 14.1 Å². The van der Waals surface area contributed by atoms with E-state index in [0.717, 1.165) is 10.8 Å². The van der Waals surface area contributed by atoms with Gasteiger partial charge in [0, 0.05) is 11.1 Å². The van der Waals surface area contributed by atoms with E-state index in [1.165, 1.54) is 48.0 Å². The van der Waals surface area contributed by atoms with Crippen LogP contribution in [0.3, 0.4) is 0 Å². The van der Waals surface area contributed by atoms with Crippen LogP contribution in [0.15, 0.2) is 52.3 Å². The first-order valence-corrected chi connectivity index (χ1v) is 11.3. The summed E-state index contributed by atoms with van der Waals surface area (Å²) in [7, 11) is -3.53. The molecule has 2 N–H and O–H groups in total. The van der Waals surface area contributed by atoms with Crippen molar-refractivity contribution in [2.24, 2.45) is 0 Å². The van der Waals surface area contributed by atoms with Crippen LogP contribution in [0.1, 0.15) is 11.3 Å². The van der Waals surface area contributed by atoms with E-state index in [-0.39, 0.29) is 46.3 Å². The van der Waals surface area contributed by atoms with Gasteiger partial charge in [0.2, 0.25) is 15.9 Å². The van der Waals surface area contributed by atoms with Crippen LogP contribution in [-0.2, 0) is 16.6 Å². The Kier molecular flexibility index (Phi) is 6.09. The summed E-state index contributed by atoms with van der Waals surface area (Å²) in [6.07, 6.45) is 2.35. The minimum atomic E-state index is -4.43. The number of imidazole rings is 1. The molecule has 0 radical (unpaired) electrons. The lowest BCUT2D eigenvalue weighted by molar-refractivity contribution is -0.0328. The van der Waals surface area contributed by atoms with Crippen molar-refractivity contribution < 1.29 is 26.7 Å². The summed E-state index contributed by atoms with van der Waals surface area (Å²) in [5.74, 6) is -0.281. The standard InChI is InChI=1S/C18H17F3N4O4S2/c1-11-16(26)25(13-3-5-14(6-4-13)30-18(19,20)21)17(27)24(11)10-12-7-8-22-15(9-12)23-31(2,28)29/h3-9,26H,10H2,1-2H3,(H,22,23). The SMILES string of the molecule is Cc1c(O)n(-c2ccc(SC(F)(F)F)cc2)c(=O)n1Cc1ccnc(NS(C)(=O)=O)c1. The van der Waals surface area contributed by atoms with Gasteiger partial charge in [-0.25, -0.2) is 22.8 Å². The van der Waals surface area contributed by atoms with Gasteiger partial charge < -0.3 is 5.11 Å². The Morgan fingerprint density at radius 3 is 2.42 bits per heavy atom. The average molecular weight is 474 g/mol. The lowest BCUT2D eigenvalue weighted by Crippen LogP contribution is -2.24. The van der Waals surface area contributed by atoms with Crippen molar-refractivity contribution >= 4 is 27.6 Å². The normalized spacial score (nSPS) is 12.2. The fourth-order valence-corrected chi connectivity index (χ4v) is 3.89. The predicted octanol–water partition coefficient (Wildman–Crippen LogP) is 3.08. The largest absolute Gasteiger partial charge is 0.493 e. The fourth-order valence-electron chi connectivity index (χ4n) is 2.85. The van der Waals surface area contributed by atoms with Crippen LogP contribution in [0.25, 0.3) is 5.69 Å². The molecule has 0 aliphatic rings. The topological polar surface area (TPSA) is 106 Å². The molecule has 0 aliphatic heterocycles. The highest BCUT2D eigenvalue weighted by Crippen LogP contribution is 2.37. The molecule has 0 unspecified atom stereocenters. The fraction of sp³-hybridized carbons (Fsp3) is 0.222. The molecular weight excluding hydrogens is 457 g/mol. The zero-order chi connectivity index (χ0) is 23.0. The Labute approximate surface area is 179 Å². The summed E-state index contributed by atoms with van der Waals surface area (Å²) in [4.78, 5) is 16.7. The third-order valence-corrected chi connectivity index (χ3v) is 5.47. The number of nitrogens with one attached hydrogen (secondary N) is 1. The number of nitrogens with zero attached hydrogens (tertiary/aromatic N) is 3. The van der Waals surface area contributed by atoms with Gasteiger partial charge in [0.1, 0.15) is 5.82 Å². The highest BCUT2D eigenvalue weighted by molar-refractivity contribution is 8.00. The van der Waals surface area contributed by atoms with Crippen molar-refractivity contribution in [3.63, 3.8) is 0 Å². The molecule has 3 aromatic rings. The maximum atomic E-state index is 12.9. The maximum absolute atomic E-state index is 12.9. The smallest absolute Gasteiger partial charge is 0.446 e. The summed E-state index contributed by atoms with van der Waals surface area (Å²) < 4.78 is 64.7. The summed E-state index contributed by atoms with van der Waals surface area (Å²) in [5, 5.41) is 10.4. The van der Waals surface area contributed by atoms with Gasteiger partial charge in [-0.3, -0.25) is 9.29 Å². The molecule has 0 saturated carbocycles. The molecule has 3 rings (SSSR count). The van der Waals surface area contributed by atoms with Crippen LogP contribution in [0.2, 0.25) is 0 Å². The Morgan fingerprint density at radius 1 is 1.19 bits per heavy atom. The third-order valence-electron chi connectivity index (χ3n) is 4.15. The average Bonchev–Trinajstić information content (AvgIpc) is 2.84. The van der Waals surface area contributed by atoms with E-state index in [1.807, 2.05) is 0 Å². The Bertz CT molecular complexity index is 1270. The number of benzene rings is 1. The Balaban J connectivity index is 1.93. The number of anilines is 1. The highest BCUT2D eigenvalue weighted by Gasteiger charge is 2.29. The van der Waals surface area contributed by atoms with Crippen molar-refractivity contribution in [2.45, 2.75) is 23.9 Å². The molecule has 0 fully saturated rings. The van der Waals surface area contributed by atoms with Crippen LogP contribution in [0, 0.1) is 6.92 Å². The van der Waals surface area contributed by atoms with Gasteiger partial charge in [0.05, 0.1) is 24.2 Å². The van der Waals surface area contributed by atoms with Crippen LogP contribution in [0.4, 0.5) is 19.0 Å². The van der Waals surface area contributed by atoms with E-state index in [2.05, 4.69) is 9.71 Å². The number of sulfonamides is 1. The van der Waals surface area contributed by atoms with Gasteiger partial charge in [0.15, 0.2) is 0 Å². The van der Waals surface area contributed by atoms with Crippen LogP contribution < -0.4 is 10.4 Å². The molecule has 1 aromatic carbocycles. The van der Waals surface area contributed by atoms with Crippen molar-refractivity contribution in [3.05, 3.63) is 64.3 Å². The molecule has 166 valence electrons. The van der Waals surface area contributed by atoms with E-state index >= 15 is 0 Å². The first-order valence-electron chi connectivity index (χ1n) is 8.64. The molecule has 2 heterocycles. The zero-order valence-corrected chi connectivity index (χ0v) is 17.8. The molecule has 0 bridgehead atoms. The molecule has 0 aliphatic carbocycles. The minimum Gasteiger partial charge on any atom is -0.493 e. The number of aromatic hydroxyl groups is 1. The minimum absolute atomic E-state index is 0.00813. The van der Waals surface area contributed by atoms with Crippen LogP contribution >= 0.6 is 11.8 Å².